The van der Waals surface area contributed by atoms with E-state index in [-0.39, 0.29) is 0 Å². The van der Waals surface area contributed by atoms with Gasteiger partial charge in [0.25, 0.3) is 0 Å². The summed E-state index contributed by atoms with van der Waals surface area (Å²) in [4.78, 5) is 0. The van der Waals surface area contributed by atoms with Gasteiger partial charge in [-0.1, -0.05) is 39.0 Å². The van der Waals surface area contributed by atoms with E-state index in [9.17, 15) is 0 Å². The molecule has 0 spiro atoms. The number of nitrogens with one attached hydrogen (secondary N) is 1. The van der Waals surface area contributed by atoms with Crippen molar-refractivity contribution in [3.8, 4) is 0 Å². The highest BCUT2D eigenvalue weighted by Crippen LogP contribution is 2.27. The minimum absolute atomic E-state index is 0.592. The molecular formula is C16H23NS. The molecule has 0 aliphatic carbocycles. The first-order valence-corrected chi connectivity index (χ1v) is 7.73. The summed E-state index contributed by atoms with van der Waals surface area (Å²) in [7, 11) is 0. The van der Waals surface area contributed by atoms with Crippen LogP contribution in [0.1, 0.15) is 32.8 Å². The summed E-state index contributed by atoms with van der Waals surface area (Å²) in [6, 6.07) is 9.32. The fourth-order valence-electron chi connectivity index (χ4n) is 2.17. The standard InChI is InChI=1S/C16H23NS/c1-12(2)17-10-13(3)8-9-14-11-18-16-7-5-4-6-15(14)16/h4-7,11-13,17H,8-10H2,1-3H3. The maximum absolute atomic E-state index is 3.52. The minimum Gasteiger partial charge on any atom is -0.314 e. The Hall–Kier alpha value is -0.860. The van der Waals surface area contributed by atoms with E-state index in [1.54, 1.807) is 0 Å². The van der Waals surface area contributed by atoms with Crippen LogP contribution < -0.4 is 5.32 Å². The highest BCUT2D eigenvalue weighted by Gasteiger charge is 2.07. The van der Waals surface area contributed by atoms with Gasteiger partial charge in [0.2, 0.25) is 0 Å². The topological polar surface area (TPSA) is 12.0 Å². The van der Waals surface area contributed by atoms with Crippen LogP contribution in [0.4, 0.5) is 0 Å². The number of hydrogen-bond donors (Lipinski definition) is 1. The quantitative estimate of drug-likeness (QED) is 0.809. The van der Waals surface area contributed by atoms with Gasteiger partial charge in [0.1, 0.15) is 0 Å². The van der Waals surface area contributed by atoms with Gasteiger partial charge in [-0.05, 0) is 47.7 Å². The Kier molecular flexibility index (Phi) is 4.79. The lowest BCUT2D eigenvalue weighted by Crippen LogP contribution is -2.27. The molecule has 0 amide bonds. The van der Waals surface area contributed by atoms with Gasteiger partial charge in [0.15, 0.2) is 0 Å². The molecule has 0 aliphatic rings. The van der Waals surface area contributed by atoms with Crippen LogP contribution in [0.5, 0.6) is 0 Å². The van der Waals surface area contributed by atoms with Crippen LogP contribution in [-0.2, 0) is 6.42 Å². The molecule has 2 heteroatoms. The highest BCUT2D eigenvalue weighted by atomic mass is 32.1. The molecule has 1 aromatic heterocycles. The molecule has 1 unspecified atom stereocenters. The number of aryl methyl sites for hydroxylation is 1. The van der Waals surface area contributed by atoms with E-state index in [4.69, 9.17) is 0 Å². The molecule has 0 radical (unpaired) electrons. The summed E-state index contributed by atoms with van der Waals surface area (Å²) in [5.41, 5.74) is 1.52. The van der Waals surface area contributed by atoms with E-state index in [2.05, 4.69) is 55.7 Å². The van der Waals surface area contributed by atoms with Crippen molar-refractivity contribution in [1.82, 2.24) is 5.32 Å². The SMILES string of the molecule is CC(CCc1csc2ccccc12)CNC(C)C. The van der Waals surface area contributed by atoms with Crippen LogP contribution in [0.2, 0.25) is 0 Å². The third-order valence-electron chi connectivity index (χ3n) is 3.34. The zero-order valence-corrected chi connectivity index (χ0v) is 12.4. The summed E-state index contributed by atoms with van der Waals surface area (Å²) in [6.07, 6.45) is 2.46. The van der Waals surface area contributed by atoms with Crippen LogP contribution in [0.15, 0.2) is 29.6 Å². The monoisotopic (exact) mass is 261 g/mol. The number of hydrogen-bond acceptors (Lipinski definition) is 2. The zero-order chi connectivity index (χ0) is 13.0. The summed E-state index contributed by atoms with van der Waals surface area (Å²) in [5, 5.41) is 7.29. The lowest BCUT2D eigenvalue weighted by molar-refractivity contribution is 0.454. The average Bonchev–Trinajstić information content (AvgIpc) is 2.77. The molecule has 0 aliphatic heterocycles. The van der Waals surface area contributed by atoms with Crippen LogP contribution >= 0.6 is 11.3 Å². The number of thiophene rings is 1. The molecule has 1 heterocycles. The summed E-state index contributed by atoms with van der Waals surface area (Å²) >= 11 is 1.87. The Morgan fingerprint density at radius 2 is 1.94 bits per heavy atom. The van der Waals surface area contributed by atoms with Crippen molar-refractivity contribution in [2.24, 2.45) is 5.92 Å². The lowest BCUT2D eigenvalue weighted by Gasteiger charge is -2.14. The predicted octanol–water partition coefficient (Wildman–Crippen LogP) is 4.47. The van der Waals surface area contributed by atoms with Gasteiger partial charge in [-0.3, -0.25) is 0 Å². The van der Waals surface area contributed by atoms with Gasteiger partial charge in [-0.25, -0.2) is 0 Å². The molecule has 0 fully saturated rings. The van der Waals surface area contributed by atoms with E-state index >= 15 is 0 Å². The van der Waals surface area contributed by atoms with Gasteiger partial charge in [-0.15, -0.1) is 11.3 Å². The molecule has 1 N–H and O–H groups in total. The first-order chi connectivity index (χ1) is 8.66. The van der Waals surface area contributed by atoms with Gasteiger partial charge in [-0.2, -0.15) is 0 Å². The molecule has 1 nitrogen and oxygen atoms in total. The molecule has 18 heavy (non-hydrogen) atoms. The summed E-state index contributed by atoms with van der Waals surface area (Å²) < 4.78 is 1.42. The van der Waals surface area contributed by atoms with Gasteiger partial charge >= 0.3 is 0 Å². The van der Waals surface area contributed by atoms with E-state index in [0.29, 0.717) is 6.04 Å². The van der Waals surface area contributed by atoms with Crippen molar-refractivity contribution < 1.29 is 0 Å². The van der Waals surface area contributed by atoms with Crippen molar-refractivity contribution in [2.75, 3.05) is 6.54 Å². The van der Waals surface area contributed by atoms with Gasteiger partial charge < -0.3 is 5.32 Å². The smallest absolute Gasteiger partial charge is 0.0345 e. The molecule has 0 saturated heterocycles. The van der Waals surface area contributed by atoms with Crippen LogP contribution in [-0.4, -0.2) is 12.6 Å². The second kappa shape index (κ2) is 6.35. The molecular weight excluding hydrogens is 238 g/mol. The predicted molar refractivity (Wildman–Crippen MR) is 82.4 cm³/mol. The van der Waals surface area contributed by atoms with Crippen molar-refractivity contribution in [1.29, 1.82) is 0 Å². The molecule has 2 rings (SSSR count). The van der Waals surface area contributed by atoms with Crippen molar-refractivity contribution in [3.63, 3.8) is 0 Å². The molecule has 1 atom stereocenters. The van der Waals surface area contributed by atoms with E-state index in [0.717, 1.165) is 12.5 Å². The molecule has 0 saturated carbocycles. The normalized spacial score (nSPS) is 13.3. The maximum Gasteiger partial charge on any atom is 0.0345 e. The fourth-order valence-corrected chi connectivity index (χ4v) is 3.16. The first kappa shape index (κ1) is 13.6. The third-order valence-corrected chi connectivity index (χ3v) is 4.35. The average molecular weight is 261 g/mol. The van der Waals surface area contributed by atoms with Crippen LogP contribution in [0, 0.1) is 5.92 Å². The van der Waals surface area contributed by atoms with Gasteiger partial charge in [0.05, 0.1) is 0 Å². The Bertz CT molecular complexity index is 487. The maximum atomic E-state index is 3.52. The molecule has 0 bridgehead atoms. The van der Waals surface area contributed by atoms with Crippen LogP contribution in [0.3, 0.4) is 0 Å². The second-order valence-electron chi connectivity index (χ2n) is 5.46. The Balaban J connectivity index is 1.90. The van der Waals surface area contributed by atoms with Crippen molar-refractivity contribution in [3.05, 3.63) is 35.2 Å². The van der Waals surface area contributed by atoms with E-state index < -0.39 is 0 Å². The number of benzene rings is 1. The van der Waals surface area contributed by atoms with Crippen LogP contribution in [0.25, 0.3) is 10.1 Å². The molecule has 2 aromatic rings. The fraction of sp³-hybridized carbons (Fsp3) is 0.500. The summed E-state index contributed by atoms with van der Waals surface area (Å²) in [5.74, 6) is 0.742. The third kappa shape index (κ3) is 3.56. The zero-order valence-electron chi connectivity index (χ0n) is 11.6. The number of rotatable bonds is 6. The Morgan fingerprint density at radius 3 is 2.72 bits per heavy atom. The van der Waals surface area contributed by atoms with E-state index in [1.165, 1.54) is 28.5 Å². The second-order valence-corrected chi connectivity index (χ2v) is 6.38. The molecule has 1 aromatic carbocycles. The highest BCUT2D eigenvalue weighted by molar-refractivity contribution is 7.17. The number of fused-ring (bicyclic) bond motifs is 1. The first-order valence-electron chi connectivity index (χ1n) is 6.85. The minimum atomic E-state index is 0.592. The Labute approximate surface area is 114 Å². The van der Waals surface area contributed by atoms with Crippen molar-refractivity contribution in [2.45, 2.75) is 39.7 Å². The Morgan fingerprint density at radius 1 is 1.17 bits per heavy atom. The van der Waals surface area contributed by atoms with Crippen molar-refractivity contribution >= 4 is 21.4 Å². The largest absolute Gasteiger partial charge is 0.314 e. The summed E-state index contributed by atoms with van der Waals surface area (Å²) in [6.45, 7) is 7.88. The molecule has 98 valence electrons. The van der Waals surface area contributed by atoms with Gasteiger partial charge in [0, 0.05) is 10.7 Å². The van der Waals surface area contributed by atoms with E-state index in [1.807, 2.05) is 11.3 Å². The lowest BCUT2D eigenvalue weighted by atomic mass is 10.0.